The molecule has 1 atom stereocenters. The molecule has 1 aromatic carbocycles. The lowest BCUT2D eigenvalue weighted by atomic mass is 10.2. The average molecular weight is 489 g/mol. The second kappa shape index (κ2) is 11.1. The minimum Gasteiger partial charge on any atom is -0.489 e. The first-order valence-electron chi connectivity index (χ1n) is 8.80. The number of hydrogen-bond acceptors (Lipinski definition) is 3. The smallest absolute Gasteiger partial charge is 0.191 e. The minimum absolute atomic E-state index is 0. The Balaban J connectivity index is 0.00000364. The Labute approximate surface area is 177 Å². The first-order valence-corrected chi connectivity index (χ1v) is 8.80. The van der Waals surface area contributed by atoms with Gasteiger partial charge in [-0.3, -0.25) is 9.67 Å². The van der Waals surface area contributed by atoms with Crippen molar-refractivity contribution in [1.82, 2.24) is 20.4 Å². The summed E-state index contributed by atoms with van der Waals surface area (Å²) in [5.74, 6) is 0.919. The number of benzene rings is 1. The Kier molecular flexibility index (Phi) is 9.54. The van der Waals surface area contributed by atoms with Gasteiger partial charge in [0.25, 0.3) is 0 Å². The summed E-state index contributed by atoms with van der Waals surface area (Å²) >= 11 is 0. The zero-order chi connectivity index (χ0) is 19.1. The fourth-order valence-corrected chi connectivity index (χ4v) is 2.68. The molecule has 1 heterocycles. The van der Waals surface area contributed by atoms with Crippen LogP contribution in [0, 0.1) is 19.7 Å². The fourth-order valence-electron chi connectivity index (χ4n) is 2.68. The van der Waals surface area contributed by atoms with Gasteiger partial charge in [0, 0.05) is 38.0 Å². The molecule has 27 heavy (non-hydrogen) atoms. The van der Waals surface area contributed by atoms with Gasteiger partial charge in [-0.15, -0.1) is 24.0 Å². The van der Waals surface area contributed by atoms with Gasteiger partial charge in [0.15, 0.2) is 5.96 Å². The molecular weight excluding hydrogens is 460 g/mol. The number of ether oxygens (including phenoxy) is 1. The fraction of sp³-hybridized carbons (Fsp3) is 0.474. The van der Waals surface area contributed by atoms with Crippen LogP contribution in [0.5, 0.6) is 5.75 Å². The maximum Gasteiger partial charge on any atom is 0.191 e. The molecule has 8 heteroatoms. The van der Waals surface area contributed by atoms with Crippen LogP contribution in [0.15, 0.2) is 29.3 Å². The molecule has 6 nitrogen and oxygen atoms in total. The highest BCUT2D eigenvalue weighted by Gasteiger charge is 2.12. The topological polar surface area (TPSA) is 63.5 Å². The van der Waals surface area contributed by atoms with Crippen molar-refractivity contribution in [3.63, 3.8) is 0 Å². The Morgan fingerprint density at radius 2 is 2.07 bits per heavy atom. The van der Waals surface area contributed by atoms with Crippen LogP contribution in [-0.4, -0.2) is 35.4 Å². The standard InChI is InChI=1S/C19H28FN5O.HI/c1-6-16(26-17-9-7-8-15(20)10-17)11-22-19(21-4)23-12-18-13(2)24-25(5)14(18)3;/h7-10,16H,6,11-12H2,1-5H3,(H2,21,22,23);1H. The van der Waals surface area contributed by atoms with E-state index in [9.17, 15) is 4.39 Å². The molecule has 1 unspecified atom stereocenters. The zero-order valence-electron chi connectivity index (χ0n) is 16.5. The van der Waals surface area contributed by atoms with Crippen LogP contribution in [0.4, 0.5) is 4.39 Å². The average Bonchev–Trinajstić information content (AvgIpc) is 2.86. The third-order valence-electron chi connectivity index (χ3n) is 4.37. The minimum atomic E-state index is -0.301. The van der Waals surface area contributed by atoms with Crippen molar-refractivity contribution < 1.29 is 9.13 Å². The highest BCUT2D eigenvalue weighted by molar-refractivity contribution is 14.0. The van der Waals surface area contributed by atoms with Crippen LogP contribution in [-0.2, 0) is 13.6 Å². The van der Waals surface area contributed by atoms with Crippen LogP contribution in [0.1, 0.15) is 30.3 Å². The summed E-state index contributed by atoms with van der Waals surface area (Å²) in [6, 6.07) is 6.20. The summed E-state index contributed by atoms with van der Waals surface area (Å²) in [6.45, 7) is 7.29. The largest absolute Gasteiger partial charge is 0.489 e. The van der Waals surface area contributed by atoms with Crippen LogP contribution < -0.4 is 15.4 Å². The van der Waals surface area contributed by atoms with E-state index in [0.717, 1.165) is 17.8 Å². The van der Waals surface area contributed by atoms with Gasteiger partial charge in [-0.25, -0.2) is 4.39 Å². The van der Waals surface area contributed by atoms with Crippen LogP contribution in [0.25, 0.3) is 0 Å². The van der Waals surface area contributed by atoms with Crippen LogP contribution >= 0.6 is 24.0 Å². The first kappa shape index (κ1) is 23.2. The van der Waals surface area contributed by atoms with Gasteiger partial charge < -0.3 is 15.4 Å². The molecule has 0 aliphatic heterocycles. The third kappa shape index (κ3) is 6.67. The molecule has 0 bridgehead atoms. The van der Waals surface area contributed by atoms with Gasteiger partial charge in [-0.05, 0) is 32.4 Å². The Morgan fingerprint density at radius 3 is 2.63 bits per heavy atom. The zero-order valence-corrected chi connectivity index (χ0v) is 18.9. The molecule has 2 N–H and O–H groups in total. The van der Waals surface area contributed by atoms with E-state index >= 15 is 0 Å². The molecule has 1 aromatic heterocycles. The molecule has 0 amide bonds. The maximum absolute atomic E-state index is 13.3. The quantitative estimate of drug-likeness (QED) is 0.356. The van der Waals surface area contributed by atoms with E-state index in [0.29, 0.717) is 24.8 Å². The summed E-state index contributed by atoms with van der Waals surface area (Å²) in [4.78, 5) is 4.25. The summed E-state index contributed by atoms with van der Waals surface area (Å²) in [5, 5.41) is 11.0. The molecule has 0 aliphatic carbocycles. The summed E-state index contributed by atoms with van der Waals surface area (Å²) in [7, 11) is 3.67. The van der Waals surface area contributed by atoms with E-state index in [1.54, 1.807) is 19.2 Å². The van der Waals surface area contributed by atoms with Gasteiger partial charge >= 0.3 is 0 Å². The molecule has 0 fully saturated rings. The lowest BCUT2D eigenvalue weighted by Crippen LogP contribution is -2.42. The Morgan fingerprint density at radius 1 is 1.33 bits per heavy atom. The monoisotopic (exact) mass is 489 g/mol. The number of aromatic nitrogens is 2. The van der Waals surface area contributed by atoms with Crippen molar-refractivity contribution >= 4 is 29.9 Å². The van der Waals surface area contributed by atoms with Gasteiger partial charge in [0.2, 0.25) is 0 Å². The second-order valence-corrected chi connectivity index (χ2v) is 6.19. The Bertz CT molecular complexity index is 763. The lowest BCUT2D eigenvalue weighted by molar-refractivity contribution is 0.198. The molecule has 0 saturated carbocycles. The van der Waals surface area contributed by atoms with Gasteiger partial charge in [-0.1, -0.05) is 13.0 Å². The number of hydrogen-bond donors (Lipinski definition) is 2. The molecule has 2 rings (SSSR count). The molecule has 0 saturated heterocycles. The number of guanidine groups is 1. The number of rotatable bonds is 7. The van der Waals surface area contributed by atoms with Crippen molar-refractivity contribution in [1.29, 1.82) is 0 Å². The van der Waals surface area contributed by atoms with Crippen molar-refractivity contribution in [3.8, 4) is 5.75 Å². The lowest BCUT2D eigenvalue weighted by Gasteiger charge is -2.20. The van der Waals surface area contributed by atoms with Crippen molar-refractivity contribution in [3.05, 3.63) is 47.0 Å². The van der Waals surface area contributed by atoms with E-state index in [2.05, 4.69) is 20.7 Å². The summed E-state index contributed by atoms with van der Waals surface area (Å²) in [6.07, 6.45) is 0.707. The summed E-state index contributed by atoms with van der Waals surface area (Å²) in [5.41, 5.74) is 3.30. The number of aliphatic imine (C=N–C) groups is 1. The van der Waals surface area contributed by atoms with E-state index in [1.807, 2.05) is 32.5 Å². The van der Waals surface area contributed by atoms with Crippen LogP contribution in [0.3, 0.4) is 0 Å². The molecule has 0 spiro atoms. The molecule has 150 valence electrons. The van der Waals surface area contributed by atoms with E-state index < -0.39 is 0 Å². The van der Waals surface area contributed by atoms with E-state index in [1.165, 1.54) is 17.7 Å². The Hall–Kier alpha value is -1.84. The van der Waals surface area contributed by atoms with E-state index in [-0.39, 0.29) is 35.9 Å². The molecule has 2 aromatic rings. The number of aryl methyl sites for hydroxylation is 2. The number of nitrogens with zero attached hydrogens (tertiary/aromatic N) is 3. The first-order chi connectivity index (χ1) is 12.4. The van der Waals surface area contributed by atoms with Crippen molar-refractivity contribution in [2.75, 3.05) is 13.6 Å². The summed E-state index contributed by atoms with van der Waals surface area (Å²) < 4.78 is 21.0. The number of halogens is 2. The van der Waals surface area contributed by atoms with Crippen LogP contribution in [0.2, 0.25) is 0 Å². The SMILES string of the molecule is CCC(CNC(=NC)NCc1c(C)nn(C)c1C)Oc1cccc(F)c1.I. The molecule has 0 radical (unpaired) electrons. The number of nitrogens with one attached hydrogen (secondary N) is 2. The highest BCUT2D eigenvalue weighted by atomic mass is 127. The second-order valence-electron chi connectivity index (χ2n) is 6.19. The van der Waals surface area contributed by atoms with Gasteiger partial charge in [-0.2, -0.15) is 5.10 Å². The third-order valence-corrected chi connectivity index (χ3v) is 4.37. The van der Waals surface area contributed by atoms with E-state index in [4.69, 9.17) is 4.74 Å². The van der Waals surface area contributed by atoms with Gasteiger partial charge in [0.1, 0.15) is 17.7 Å². The van der Waals surface area contributed by atoms with Crippen molar-refractivity contribution in [2.45, 2.75) is 39.8 Å². The predicted octanol–water partition coefficient (Wildman–Crippen LogP) is 3.32. The molecular formula is C19H29FIN5O. The van der Waals surface area contributed by atoms with Gasteiger partial charge in [0.05, 0.1) is 12.2 Å². The molecule has 0 aliphatic rings. The predicted molar refractivity (Wildman–Crippen MR) is 117 cm³/mol. The van der Waals surface area contributed by atoms with Crippen molar-refractivity contribution in [2.24, 2.45) is 12.0 Å². The maximum atomic E-state index is 13.3. The normalized spacial score (nSPS) is 12.3. The highest BCUT2D eigenvalue weighted by Crippen LogP contribution is 2.15.